The quantitative estimate of drug-likeness (QED) is 0.639. The molecule has 166 valence electrons. The van der Waals surface area contributed by atoms with Gasteiger partial charge in [0.25, 0.3) is 0 Å². The van der Waals surface area contributed by atoms with E-state index in [1.165, 1.54) is 6.42 Å². The largest absolute Gasteiger partial charge is 0.497 e. The number of hydrogen-bond donors (Lipinski definition) is 0. The summed E-state index contributed by atoms with van der Waals surface area (Å²) in [5.41, 5.74) is 0.520. The van der Waals surface area contributed by atoms with Crippen LogP contribution < -0.4 is 4.74 Å². The lowest BCUT2D eigenvalue weighted by atomic mass is 9.73. The van der Waals surface area contributed by atoms with Crippen LogP contribution in [0.1, 0.15) is 51.5 Å². The molecule has 6 heteroatoms. The van der Waals surface area contributed by atoms with Crippen molar-refractivity contribution < 1.29 is 19.1 Å². The SMILES string of the molecule is CCOC(=O)C1(Cc2ccc(OC)cc2)CCN(C(=O)[C@H]2CCCCN2CC)CC1. The number of carbonyl (C=O) groups excluding carboxylic acids is 2. The zero-order valence-electron chi connectivity index (χ0n) is 18.7. The highest BCUT2D eigenvalue weighted by atomic mass is 16.5. The zero-order chi connectivity index (χ0) is 21.6. The summed E-state index contributed by atoms with van der Waals surface area (Å²) in [4.78, 5) is 30.5. The van der Waals surface area contributed by atoms with Gasteiger partial charge in [-0.3, -0.25) is 14.5 Å². The summed E-state index contributed by atoms with van der Waals surface area (Å²) >= 11 is 0. The molecular formula is C24H36N2O4. The highest BCUT2D eigenvalue weighted by molar-refractivity contribution is 5.83. The van der Waals surface area contributed by atoms with E-state index in [1.54, 1.807) is 7.11 Å². The van der Waals surface area contributed by atoms with Crippen molar-refractivity contribution in [3.63, 3.8) is 0 Å². The molecule has 0 aromatic heterocycles. The Morgan fingerprint density at radius 1 is 1.07 bits per heavy atom. The summed E-state index contributed by atoms with van der Waals surface area (Å²) in [6, 6.07) is 7.88. The molecule has 0 bridgehead atoms. The van der Waals surface area contributed by atoms with Gasteiger partial charge in [0.1, 0.15) is 5.75 Å². The Hall–Kier alpha value is -2.08. The lowest BCUT2D eigenvalue weighted by Gasteiger charge is -2.43. The summed E-state index contributed by atoms with van der Waals surface area (Å²) in [6.07, 6.45) is 5.14. The van der Waals surface area contributed by atoms with E-state index >= 15 is 0 Å². The van der Waals surface area contributed by atoms with Crippen LogP contribution in [0.15, 0.2) is 24.3 Å². The zero-order valence-corrected chi connectivity index (χ0v) is 18.7. The first-order chi connectivity index (χ1) is 14.5. The van der Waals surface area contributed by atoms with Crippen molar-refractivity contribution in [3.05, 3.63) is 29.8 Å². The van der Waals surface area contributed by atoms with Crippen molar-refractivity contribution in [1.82, 2.24) is 9.80 Å². The summed E-state index contributed by atoms with van der Waals surface area (Å²) in [7, 11) is 1.65. The second-order valence-electron chi connectivity index (χ2n) is 8.49. The van der Waals surface area contributed by atoms with Gasteiger partial charge in [-0.15, -0.1) is 0 Å². The van der Waals surface area contributed by atoms with Gasteiger partial charge in [-0.1, -0.05) is 25.5 Å². The predicted molar refractivity (Wildman–Crippen MR) is 116 cm³/mol. The first-order valence-corrected chi connectivity index (χ1v) is 11.4. The number of nitrogens with zero attached hydrogens (tertiary/aromatic N) is 2. The number of carbonyl (C=O) groups is 2. The van der Waals surface area contributed by atoms with Crippen LogP contribution in [0, 0.1) is 5.41 Å². The third-order valence-corrected chi connectivity index (χ3v) is 6.75. The van der Waals surface area contributed by atoms with Gasteiger partial charge in [-0.2, -0.15) is 0 Å². The van der Waals surface area contributed by atoms with Crippen LogP contribution in [0.25, 0.3) is 0 Å². The van der Waals surface area contributed by atoms with E-state index in [4.69, 9.17) is 9.47 Å². The van der Waals surface area contributed by atoms with Crippen molar-refractivity contribution >= 4 is 11.9 Å². The smallest absolute Gasteiger partial charge is 0.312 e. The number of hydrogen-bond acceptors (Lipinski definition) is 5. The minimum absolute atomic E-state index is 0.000400. The highest BCUT2D eigenvalue weighted by Gasteiger charge is 2.44. The predicted octanol–water partition coefficient (Wildman–Crippen LogP) is 3.28. The number of rotatable bonds is 7. The van der Waals surface area contributed by atoms with Crippen molar-refractivity contribution in [1.29, 1.82) is 0 Å². The Morgan fingerprint density at radius 3 is 2.37 bits per heavy atom. The molecule has 0 N–H and O–H groups in total. The summed E-state index contributed by atoms with van der Waals surface area (Å²) < 4.78 is 10.7. The lowest BCUT2D eigenvalue weighted by molar-refractivity contribution is -0.161. The molecule has 2 aliphatic heterocycles. The molecule has 0 radical (unpaired) electrons. The van der Waals surface area contributed by atoms with Crippen LogP contribution in [-0.4, -0.2) is 67.6 Å². The number of ether oxygens (including phenoxy) is 2. The van der Waals surface area contributed by atoms with Crippen LogP contribution in [0.3, 0.4) is 0 Å². The first kappa shape index (κ1) is 22.6. The molecule has 2 aliphatic rings. The van der Waals surface area contributed by atoms with Crippen molar-refractivity contribution in [3.8, 4) is 5.75 Å². The second kappa shape index (κ2) is 10.3. The van der Waals surface area contributed by atoms with E-state index in [0.717, 1.165) is 37.2 Å². The maximum Gasteiger partial charge on any atom is 0.312 e. The van der Waals surface area contributed by atoms with Crippen molar-refractivity contribution in [2.45, 2.75) is 58.4 Å². The Balaban J connectivity index is 1.70. The molecule has 1 atom stereocenters. The third-order valence-electron chi connectivity index (χ3n) is 6.75. The minimum atomic E-state index is -0.571. The molecule has 0 unspecified atom stereocenters. The van der Waals surface area contributed by atoms with Gasteiger partial charge in [0.2, 0.25) is 5.91 Å². The van der Waals surface area contributed by atoms with E-state index in [-0.39, 0.29) is 17.9 Å². The van der Waals surface area contributed by atoms with E-state index in [9.17, 15) is 9.59 Å². The van der Waals surface area contributed by atoms with Crippen LogP contribution >= 0.6 is 0 Å². The Bertz CT molecular complexity index is 710. The van der Waals surface area contributed by atoms with Gasteiger partial charge < -0.3 is 14.4 Å². The highest BCUT2D eigenvalue weighted by Crippen LogP contribution is 2.37. The van der Waals surface area contributed by atoms with Crippen molar-refractivity contribution in [2.75, 3.05) is 39.9 Å². The van der Waals surface area contributed by atoms with E-state index in [0.29, 0.717) is 39.0 Å². The molecule has 3 rings (SSSR count). The summed E-state index contributed by atoms with van der Waals surface area (Å²) in [6.45, 7) is 7.49. The molecule has 2 heterocycles. The van der Waals surface area contributed by atoms with E-state index in [1.807, 2.05) is 36.1 Å². The van der Waals surface area contributed by atoms with Gasteiger partial charge >= 0.3 is 5.97 Å². The number of esters is 1. The number of likely N-dealkylation sites (tertiary alicyclic amines) is 2. The van der Waals surface area contributed by atoms with Gasteiger partial charge in [0.15, 0.2) is 0 Å². The van der Waals surface area contributed by atoms with Gasteiger partial charge in [-0.05, 0) is 69.8 Å². The number of methoxy groups -OCH3 is 1. The van der Waals surface area contributed by atoms with Gasteiger partial charge in [-0.25, -0.2) is 0 Å². The Labute approximate surface area is 180 Å². The minimum Gasteiger partial charge on any atom is -0.497 e. The maximum atomic E-state index is 13.2. The van der Waals surface area contributed by atoms with Crippen molar-refractivity contribution in [2.24, 2.45) is 5.41 Å². The Morgan fingerprint density at radius 2 is 1.77 bits per heavy atom. The van der Waals surface area contributed by atoms with Crippen LogP contribution in [0.4, 0.5) is 0 Å². The number of likely N-dealkylation sites (N-methyl/N-ethyl adjacent to an activating group) is 1. The van der Waals surface area contributed by atoms with E-state index in [2.05, 4.69) is 11.8 Å². The standard InChI is InChI=1S/C24H36N2O4/c1-4-25-15-7-6-8-21(25)22(27)26-16-13-24(14-17-26,23(28)30-5-2)18-19-9-11-20(29-3)12-10-19/h9-12,21H,4-8,13-18H2,1-3H3/t21-/m1/s1. The molecule has 1 amide bonds. The van der Waals surface area contributed by atoms with Gasteiger partial charge in [0, 0.05) is 13.1 Å². The molecule has 1 aromatic carbocycles. The number of amides is 1. The molecule has 30 heavy (non-hydrogen) atoms. The topological polar surface area (TPSA) is 59.1 Å². The second-order valence-corrected chi connectivity index (χ2v) is 8.49. The average Bonchev–Trinajstić information content (AvgIpc) is 2.79. The number of piperidine rings is 2. The molecular weight excluding hydrogens is 380 g/mol. The fourth-order valence-electron chi connectivity index (χ4n) is 4.89. The van der Waals surface area contributed by atoms with Crippen LogP contribution in [0.5, 0.6) is 5.75 Å². The average molecular weight is 417 g/mol. The summed E-state index contributed by atoms with van der Waals surface area (Å²) in [5.74, 6) is 0.900. The first-order valence-electron chi connectivity index (χ1n) is 11.4. The summed E-state index contributed by atoms with van der Waals surface area (Å²) in [5, 5.41) is 0. The van der Waals surface area contributed by atoms with E-state index < -0.39 is 5.41 Å². The molecule has 6 nitrogen and oxygen atoms in total. The fourth-order valence-corrected chi connectivity index (χ4v) is 4.89. The lowest BCUT2D eigenvalue weighted by Crippen LogP contribution is -2.55. The third kappa shape index (κ3) is 4.97. The number of benzene rings is 1. The molecule has 0 spiro atoms. The molecule has 0 aliphatic carbocycles. The Kier molecular flexibility index (Phi) is 7.75. The normalized spacial score (nSPS) is 21.8. The van der Waals surface area contributed by atoms with Crippen LogP contribution in [0.2, 0.25) is 0 Å². The monoisotopic (exact) mass is 416 g/mol. The van der Waals surface area contributed by atoms with Gasteiger partial charge in [0.05, 0.1) is 25.2 Å². The molecule has 0 saturated carbocycles. The molecule has 1 aromatic rings. The maximum absolute atomic E-state index is 13.2. The molecule has 2 saturated heterocycles. The molecule has 2 fully saturated rings. The fraction of sp³-hybridized carbons (Fsp3) is 0.667. The van der Waals surface area contributed by atoms with Crippen LogP contribution in [-0.2, 0) is 20.7 Å².